The molecule has 0 saturated heterocycles. The zero-order chi connectivity index (χ0) is 12.1. The molecule has 0 saturated carbocycles. The summed E-state index contributed by atoms with van der Waals surface area (Å²) in [4.78, 5) is 4.01. The van der Waals surface area contributed by atoms with E-state index in [1.165, 1.54) is 0 Å². The smallest absolute Gasteiger partial charge is 0.241 e. The largest absolute Gasteiger partial charge is 0.397 e. The first-order chi connectivity index (χ1) is 7.28. The first-order valence-corrected chi connectivity index (χ1v) is 5.80. The number of aliphatic hydroxyl groups is 1. The molecule has 1 heterocycles. The Morgan fingerprint density at radius 1 is 1.33 bits per heavy atom. The van der Waals surface area contributed by atoms with Gasteiger partial charge in [0.15, 0.2) is 5.82 Å². The summed E-state index contributed by atoms with van der Waals surface area (Å²) in [6.07, 6.45) is 1.89. The highest BCUT2D eigenvalue weighted by molar-refractivity contribution is 6.16. The number of aryl methyl sites for hydroxylation is 1. The van der Waals surface area contributed by atoms with E-state index < -0.39 is 0 Å². The number of alkyl halides is 1. The molecule has 0 radical (unpaired) electrons. The van der Waals surface area contributed by atoms with Gasteiger partial charge in [0.05, 0.1) is 0 Å². The van der Waals surface area contributed by atoms with E-state index in [1.54, 1.807) is 6.92 Å². The van der Waals surface area contributed by atoms with Crippen LogP contribution in [0, 0.1) is 0 Å². The fraction of sp³-hybridized carbons (Fsp3) is 0.800. The first-order valence-electron chi connectivity index (χ1n) is 5.26. The lowest BCUT2D eigenvalue weighted by Crippen LogP contribution is -1.85. The van der Waals surface area contributed by atoms with Gasteiger partial charge in [0, 0.05) is 13.0 Å². The van der Waals surface area contributed by atoms with Crippen molar-refractivity contribution in [3.8, 4) is 0 Å². The van der Waals surface area contributed by atoms with Crippen LogP contribution in [-0.4, -0.2) is 21.9 Å². The highest BCUT2D eigenvalue weighted by Gasteiger charge is 2.01. The van der Waals surface area contributed by atoms with Crippen molar-refractivity contribution in [2.75, 3.05) is 6.61 Å². The molecule has 0 amide bonds. The van der Waals surface area contributed by atoms with E-state index in [1.807, 2.05) is 13.8 Å². The van der Waals surface area contributed by atoms with Crippen molar-refractivity contribution in [3.05, 3.63) is 11.7 Å². The molecule has 0 atom stereocenters. The van der Waals surface area contributed by atoms with Crippen LogP contribution in [0.5, 0.6) is 0 Å². The molecule has 0 aromatic carbocycles. The van der Waals surface area contributed by atoms with Gasteiger partial charge >= 0.3 is 0 Å². The van der Waals surface area contributed by atoms with Crippen LogP contribution in [0.25, 0.3) is 0 Å². The maximum Gasteiger partial charge on any atom is 0.241 e. The minimum Gasteiger partial charge on any atom is -0.397 e. The Morgan fingerprint density at radius 3 is 2.20 bits per heavy atom. The topological polar surface area (TPSA) is 59.2 Å². The predicted octanol–water partition coefficient (Wildman–Crippen LogP) is 2.79. The van der Waals surface area contributed by atoms with Gasteiger partial charge in [0.1, 0.15) is 5.88 Å². The summed E-state index contributed by atoms with van der Waals surface area (Å²) < 4.78 is 4.77. The fourth-order valence-corrected chi connectivity index (χ4v) is 0.778. The van der Waals surface area contributed by atoms with Gasteiger partial charge in [-0.05, 0) is 13.3 Å². The van der Waals surface area contributed by atoms with Gasteiger partial charge in [-0.15, -0.1) is 11.6 Å². The second-order valence-electron chi connectivity index (χ2n) is 2.30. The number of hydrogen-bond acceptors (Lipinski definition) is 4. The van der Waals surface area contributed by atoms with Crippen molar-refractivity contribution >= 4 is 11.6 Å². The maximum atomic E-state index is 7.57. The molecule has 0 aliphatic heterocycles. The molecule has 1 rings (SSSR count). The van der Waals surface area contributed by atoms with Crippen LogP contribution in [0.15, 0.2) is 4.52 Å². The van der Waals surface area contributed by atoms with Crippen molar-refractivity contribution in [1.82, 2.24) is 10.1 Å². The molecule has 0 aliphatic carbocycles. The van der Waals surface area contributed by atoms with Crippen LogP contribution >= 0.6 is 11.6 Å². The van der Waals surface area contributed by atoms with E-state index in [-0.39, 0.29) is 6.61 Å². The molecular formula is C10H21ClN2O2. The number of nitrogens with zero attached hydrogens (tertiary/aromatic N) is 2. The molecule has 1 N–H and O–H groups in total. The van der Waals surface area contributed by atoms with Gasteiger partial charge in [-0.25, -0.2) is 0 Å². The van der Waals surface area contributed by atoms with Gasteiger partial charge < -0.3 is 9.63 Å². The van der Waals surface area contributed by atoms with Crippen molar-refractivity contribution in [3.63, 3.8) is 0 Å². The van der Waals surface area contributed by atoms with Crippen molar-refractivity contribution < 1.29 is 9.63 Å². The molecule has 1 aromatic rings. The van der Waals surface area contributed by atoms with Crippen LogP contribution in [-0.2, 0) is 12.3 Å². The normalized spacial score (nSPS) is 8.40. The van der Waals surface area contributed by atoms with E-state index in [9.17, 15) is 0 Å². The van der Waals surface area contributed by atoms with Crippen molar-refractivity contribution in [2.24, 2.45) is 0 Å². The lowest BCUT2D eigenvalue weighted by Gasteiger charge is -1.82. The lowest BCUT2D eigenvalue weighted by molar-refractivity contribution is 0.318. The lowest BCUT2D eigenvalue weighted by atomic mass is 10.3. The summed E-state index contributed by atoms with van der Waals surface area (Å²) in [7, 11) is 0. The minimum absolute atomic E-state index is 0.250. The fourth-order valence-electron chi connectivity index (χ4n) is 0.670. The van der Waals surface area contributed by atoms with E-state index in [0.717, 1.165) is 18.7 Å². The van der Waals surface area contributed by atoms with E-state index in [0.29, 0.717) is 11.8 Å². The Bertz CT molecular complexity index is 217. The van der Waals surface area contributed by atoms with Gasteiger partial charge in [0.2, 0.25) is 5.89 Å². The first kappa shape index (κ1) is 16.8. The third-order valence-electron chi connectivity index (χ3n) is 1.10. The summed E-state index contributed by atoms with van der Waals surface area (Å²) in [5, 5.41) is 11.3. The Balaban J connectivity index is 0. The quantitative estimate of drug-likeness (QED) is 0.820. The summed E-state index contributed by atoms with van der Waals surface area (Å²) in [6, 6.07) is 0. The molecule has 1 aromatic heterocycles. The number of aromatic nitrogens is 2. The molecule has 4 nitrogen and oxygen atoms in total. The number of halogens is 1. The van der Waals surface area contributed by atoms with Gasteiger partial charge in [-0.2, -0.15) is 4.98 Å². The number of aliphatic hydroxyl groups excluding tert-OH is 1. The summed E-state index contributed by atoms with van der Waals surface area (Å²) in [5.74, 6) is 1.56. The molecule has 0 aliphatic rings. The predicted molar refractivity (Wildman–Crippen MR) is 62.0 cm³/mol. The van der Waals surface area contributed by atoms with Crippen LogP contribution in [0.1, 0.15) is 45.8 Å². The molecule has 0 spiro atoms. The third kappa shape index (κ3) is 9.69. The van der Waals surface area contributed by atoms with Gasteiger partial charge in [-0.3, -0.25) is 0 Å². The van der Waals surface area contributed by atoms with Gasteiger partial charge in [-0.1, -0.05) is 25.9 Å². The van der Waals surface area contributed by atoms with Crippen LogP contribution in [0.4, 0.5) is 0 Å². The zero-order valence-electron chi connectivity index (χ0n) is 9.96. The Hall–Kier alpha value is -0.610. The standard InChI is InChI=1S/C6H9ClN2O.C2H6O.C2H6/c1-2-3-5-8-6(4-7)10-9-5;1-2-3;1-2/h2-4H2,1H3;3H,2H2,1H3;1-2H3. The van der Waals surface area contributed by atoms with Gasteiger partial charge in [0.25, 0.3) is 0 Å². The van der Waals surface area contributed by atoms with Crippen molar-refractivity contribution in [2.45, 2.75) is 46.4 Å². The second kappa shape index (κ2) is 13.4. The monoisotopic (exact) mass is 236 g/mol. The Morgan fingerprint density at radius 2 is 1.87 bits per heavy atom. The molecule has 0 bridgehead atoms. The Labute approximate surface area is 96.6 Å². The highest BCUT2D eigenvalue weighted by atomic mass is 35.5. The molecule has 15 heavy (non-hydrogen) atoms. The Kier molecular flexibility index (Phi) is 15.0. The minimum atomic E-state index is 0.250. The summed E-state index contributed by atoms with van der Waals surface area (Å²) in [5.41, 5.74) is 0. The highest BCUT2D eigenvalue weighted by Crippen LogP contribution is 2.01. The molecule has 90 valence electrons. The summed E-state index contributed by atoms with van der Waals surface area (Å²) in [6.45, 7) is 8.00. The van der Waals surface area contributed by atoms with Crippen molar-refractivity contribution in [1.29, 1.82) is 0 Å². The van der Waals surface area contributed by atoms with E-state index >= 15 is 0 Å². The third-order valence-corrected chi connectivity index (χ3v) is 1.33. The SMILES string of the molecule is CC.CCCc1noc(CCl)n1.CCO. The van der Waals surface area contributed by atoms with Crippen LogP contribution in [0.2, 0.25) is 0 Å². The molecule has 5 heteroatoms. The molecular weight excluding hydrogens is 216 g/mol. The number of rotatable bonds is 3. The average Bonchev–Trinajstić information content (AvgIpc) is 2.70. The maximum absolute atomic E-state index is 7.57. The van der Waals surface area contributed by atoms with E-state index in [2.05, 4.69) is 17.1 Å². The summed E-state index contributed by atoms with van der Waals surface area (Å²) >= 11 is 5.44. The molecule has 0 unspecified atom stereocenters. The second-order valence-corrected chi connectivity index (χ2v) is 2.57. The average molecular weight is 237 g/mol. The van der Waals surface area contributed by atoms with Crippen LogP contribution in [0.3, 0.4) is 0 Å². The number of hydrogen-bond donors (Lipinski definition) is 1. The molecule has 0 fully saturated rings. The zero-order valence-corrected chi connectivity index (χ0v) is 10.7. The van der Waals surface area contributed by atoms with Crippen LogP contribution < -0.4 is 0 Å². The van der Waals surface area contributed by atoms with E-state index in [4.69, 9.17) is 21.2 Å².